The SMILES string of the molecule is Cc1cccc2cc(Cn3nc(C(N)=O)c4c(N)ncnc43)n(-c3ccccc3)c(=O)c12. The predicted molar refractivity (Wildman–Crippen MR) is 122 cm³/mol. The van der Waals surface area contributed by atoms with Gasteiger partial charge >= 0.3 is 0 Å². The number of rotatable bonds is 4. The van der Waals surface area contributed by atoms with Gasteiger partial charge in [-0.05, 0) is 36.1 Å². The van der Waals surface area contributed by atoms with E-state index >= 15 is 0 Å². The van der Waals surface area contributed by atoms with E-state index in [1.807, 2.05) is 61.5 Å². The lowest BCUT2D eigenvalue weighted by Crippen LogP contribution is -2.24. The average molecular weight is 425 g/mol. The molecule has 0 aliphatic heterocycles. The first-order valence-electron chi connectivity index (χ1n) is 9.92. The van der Waals surface area contributed by atoms with Crippen molar-refractivity contribution in [2.75, 3.05) is 5.73 Å². The summed E-state index contributed by atoms with van der Waals surface area (Å²) in [6, 6.07) is 17.0. The smallest absolute Gasteiger partial charge is 0.270 e. The van der Waals surface area contributed by atoms with Crippen molar-refractivity contribution < 1.29 is 4.79 Å². The topological polar surface area (TPSA) is 135 Å². The molecule has 0 bridgehead atoms. The summed E-state index contributed by atoms with van der Waals surface area (Å²) in [5, 5.41) is 6.11. The van der Waals surface area contributed by atoms with Gasteiger partial charge in [0.05, 0.1) is 17.3 Å². The third-order valence-electron chi connectivity index (χ3n) is 5.45. The Morgan fingerprint density at radius 3 is 2.56 bits per heavy atom. The first-order chi connectivity index (χ1) is 15.5. The van der Waals surface area contributed by atoms with Gasteiger partial charge in [-0.3, -0.25) is 14.2 Å². The highest BCUT2D eigenvalue weighted by atomic mass is 16.1. The van der Waals surface area contributed by atoms with Crippen molar-refractivity contribution in [3.05, 3.63) is 88.2 Å². The van der Waals surface area contributed by atoms with Gasteiger partial charge in [-0.15, -0.1) is 0 Å². The Morgan fingerprint density at radius 2 is 1.81 bits per heavy atom. The summed E-state index contributed by atoms with van der Waals surface area (Å²) in [5.41, 5.74) is 14.0. The summed E-state index contributed by atoms with van der Waals surface area (Å²) in [7, 11) is 0. The summed E-state index contributed by atoms with van der Waals surface area (Å²) in [5.74, 6) is -0.616. The lowest BCUT2D eigenvalue weighted by molar-refractivity contribution is 0.0996. The van der Waals surface area contributed by atoms with E-state index in [-0.39, 0.29) is 23.6 Å². The molecule has 5 rings (SSSR count). The number of pyridine rings is 1. The highest BCUT2D eigenvalue weighted by molar-refractivity contribution is 6.06. The van der Waals surface area contributed by atoms with Gasteiger partial charge in [0.1, 0.15) is 12.1 Å². The van der Waals surface area contributed by atoms with Crippen molar-refractivity contribution in [3.63, 3.8) is 0 Å². The third kappa shape index (κ3) is 2.99. The van der Waals surface area contributed by atoms with Crippen LogP contribution in [0.3, 0.4) is 0 Å². The van der Waals surface area contributed by atoms with Crippen LogP contribution in [0.2, 0.25) is 0 Å². The normalized spacial score (nSPS) is 11.3. The van der Waals surface area contributed by atoms with Gasteiger partial charge in [0.15, 0.2) is 11.3 Å². The number of primary amides is 1. The van der Waals surface area contributed by atoms with Crippen LogP contribution in [-0.4, -0.2) is 30.2 Å². The predicted octanol–water partition coefficient (Wildman–Crippen LogP) is 2.17. The fourth-order valence-electron chi connectivity index (χ4n) is 4.03. The molecular weight excluding hydrogens is 406 g/mol. The van der Waals surface area contributed by atoms with Gasteiger partial charge in [-0.2, -0.15) is 5.10 Å². The fourth-order valence-corrected chi connectivity index (χ4v) is 4.03. The maximum atomic E-state index is 13.6. The molecule has 0 saturated heterocycles. The number of aryl methyl sites for hydroxylation is 1. The van der Waals surface area contributed by atoms with Gasteiger partial charge in [-0.1, -0.05) is 36.4 Å². The first-order valence-corrected chi connectivity index (χ1v) is 9.92. The maximum absolute atomic E-state index is 13.6. The molecule has 0 radical (unpaired) electrons. The van der Waals surface area contributed by atoms with Crippen LogP contribution in [0.1, 0.15) is 21.7 Å². The van der Waals surface area contributed by atoms with E-state index in [0.29, 0.717) is 22.1 Å². The number of para-hydroxylation sites is 1. The van der Waals surface area contributed by atoms with Crippen LogP contribution in [0, 0.1) is 6.92 Å². The lowest BCUT2D eigenvalue weighted by atomic mass is 10.1. The van der Waals surface area contributed by atoms with Crippen LogP contribution in [0.5, 0.6) is 0 Å². The quantitative estimate of drug-likeness (QED) is 0.453. The van der Waals surface area contributed by atoms with Gasteiger partial charge < -0.3 is 11.5 Å². The van der Waals surface area contributed by atoms with E-state index in [9.17, 15) is 9.59 Å². The van der Waals surface area contributed by atoms with E-state index in [4.69, 9.17) is 11.5 Å². The second-order valence-corrected chi connectivity index (χ2v) is 7.48. The average Bonchev–Trinajstić information content (AvgIpc) is 3.14. The summed E-state index contributed by atoms with van der Waals surface area (Å²) in [6.45, 7) is 2.08. The standard InChI is InChI=1S/C23H19N7O2/c1-13-6-5-7-14-10-16(30(23(32)17(13)14)15-8-3-2-4-9-15)11-29-22-18(19(28-29)21(25)31)20(24)26-12-27-22/h2-10,12H,11H2,1H3,(H2,25,31)(H2,24,26,27). The Balaban J connectivity index is 1.80. The Morgan fingerprint density at radius 1 is 1.03 bits per heavy atom. The molecule has 0 aliphatic rings. The van der Waals surface area contributed by atoms with Gasteiger partial charge in [0.25, 0.3) is 11.5 Å². The minimum absolute atomic E-state index is 0.0108. The maximum Gasteiger partial charge on any atom is 0.270 e. The van der Waals surface area contributed by atoms with E-state index in [1.54, 1.807) is 4.57 Å². The number of anilines is 1. The Kier molecular flexibility index (Phi) is 4.44. The summed E-state index contributed by atoms with van der Waals surface area (Å²) < 4.78 is 3.17. The molecule has 0 spiro atoms. The number of hydrogen-bond donors (Lipinski definition) is 2. The van der Waals surface area contributed by atoms with Crippen LogP contribution in [0.4, 0.5) is 5.82 Å². The first kappa shape index (κ1) is 19.4. The largest absolute Gasteiger partial charge is 0.383 e. The molecule has 5 aromatic rings. The van der Waals surface area contributed by atoms with E-state index in [2.05, 4.69) is 15.1 Å². The van der Waals surface area contributed by atoms with E-state index < -0.39 is 5.91 Å². The summed E-state index contributed by atoms with van der Waals surface area (Å²) >= 11 is 0. The fraction of sp³-hybridized carbons (Fsp3) is 0.0870. The second-order valence-electron chi connectivity index (χ2n) is 7.48. The molecule has 0 atom stereocenters. The number of nitrogens with zero attached hydrogens (tertiary/aromatic N) is 5. The van der Waals surface area contributed by atoms with Crippen molar-refractivity contribution in [2.45, 2.75) is 13.5 Å². The highest BCUT2D eigenvalue weighted by Gasteiger charge is 2.21. The molecule has 0 fully saturated rings. The molecule has 1 amide bonds. The molecule has 0 unspecified atom stereocenters. The van der Waals surface area contributed by atoms with Crippen LogP contribution < -0.4 is 17.0 Å². The Bertz CT molecular complexity index is 1570. The Hall–Kier alpha value is -4.53. The zero-order valence-electron chi connectivity index (χ0n) is 17.2. The van der Waals surface area contributed by atoms with E-state index in [0.717, 1.165) is 16.6 Å². The number of hydrogen-bond acceptors (Lipinski definition) is 6. The molecule has 32 heavy (non-hydrogen) atoms. The lowest BCUT2D eigenvalue weighted by Gasteiger charge is -2.16. The zero-order chi connectivity index (χ0) is 22.4. The Labute approximate surface area is 181 Å². The van der Waals surface area contributed by atoms with Gasteiger partial charge in [0, 0.05) is 11.4 Å². The third-order valence-corrected chi connectivity index (χ3v) is 5.45. The molecule has 9 nitrogen and oxygen atoms in total. The molecule has 158 valence electrons. The molecule has 3 heterocycles. The van der Waals surface area contributed by atoms with Crippen molar-refractivity contribution >= 4 is 33.5 Å². The van der Waals surface area contributed by atoms with Crippen LogP contribution in [-0.2, 0) is 6.54 Å². The van der Waals surface area contributed by atoms with E-state index in [1.165, 1.54) is 11.0 Å². The van der Waals surface area contributed by atoms with Crippen LogP contribution >= 0.6 is 0 Å². The monoisotopic (exact) mass is 425 g/mol. The number of carbonyl (C=O) groups excluding carboxylic acids is 1. The van der Waals surface area contributed by atoms with Crippen molar-refractivity contribution in [1.82, 2.24) is 24.3 Å². The second kappa shape index (κ2) is 7.31. The summed E-state index contributed by atoms with van der Waals surface area (Å²) in [6.07, 6.45) is 1.30. The molecule has 0 saturated carbocycles. The van der Waals surface area contributed by atoms with Crippen LogP contribution in [0.25, 0.3) is 27.5 Å². The molecule has 2 aromatic carbocycles. The van der Waals surface area contributed by atoms with Crippen molar-refractivity contribution in [1.29, 1.82) is 0 Å². The van der Waals surface area contributed by atoms with Crippen LogP contribution in [0.15, 0.2) is 65.7 Å². The molecule has 4 N–H and O–H groups in total. The number of nitrogen functional groups attached to an aromatic ring is 1. The summed E-state index contributed by atoms with van der Waals surface area (Å²) in [4.78, 5) is 33.8. The molecular formula is C23H19N7O2. The number of carbonyl (C=O) groups is 1. The highest BCUT2D eigenvalue weighted by Crippen LogP contribution is 2.24. The molecule has 0 aliphatic carbocycles. The number of fused-ring (bicyclic) bond motifs is 2. The minimum atomic E-state index is -0.732. The number of aromatic nitrogens is 5. The van der Waals surface area contributed by atoms with Gasteiger partial charge in [0.2, 0.25) is 0 Å². The van der Waals surface area contributed by atoms with Gasteiger partial charge in [-0.25, -0.2) is 14.6 Å². The molecule has 3 aromatic heterocycles. The zero-order valence-corrected chi connectivity index (χ0v) is 17.2. The van der Waals surface area contributed by atoms with Crippen molar-refractivity contribution in [2.24, 2.45) is 5.73 Å². The number of amides is 1. The van der Waals surface area contributed by atoms with Crippen molar-refractivity contribution in [3.8, 4) is 5.69 Å². The minimum Gasteiger partial charge on any atom is -0.383 e. The molecule has 9 heteroatoms. The number of nitrogens with two attached hydrogens (primary N) is 2. The number of benzene rings is 2.